The first-order valence-electron chi connectivity index (χ1n) is 4.83. The summed E-state index contributed by atoms with van der Waals surface area (Å²) in [5, 5.41) is 3.14. The number of nitrogens with one attached hydrogen (secondary N) is 1. The van der Waals surface area contributed by atoms with Crippen LogP contribution in [0.15, 0.2) is 40.9 Å². The van der Waals surface area contributed by atoms with Crippen molar-refractivity contribution in [2.45, 2.75) is 0 Å². The standard InChI is InChI=1S/C12H9BrFIN2/c13-9-5-12(11(16)6-10(9)14)17-8-3-1-7(15)2-4-8/h1-6,17H,16H2. The van der Waals surface area contributed by atoms with Crippen LogP contribution in [0.25, 0.3) is 0 Å². The Bertz CT molecular complexity index is 543. The molecule has 88 valence electrons. The van der Waals surface area contributed by atoms with Crippen LogP contribution in [-0.4, -0.2) is 0 Å². The normalized spacial score (nSPS) is 10.3. The predicted octanol–water partition coefficient (Wildman–Crippen LogP) is 4.52. The summed E-state index contributed by atoms with van der Waals surface area (Å²) in [7, 11) is 0. The summed E-state index contributed by atoms with van der Waals surface area (Å²) in [5.74, 6) is -0.365. The highest BCUT2D eigenvalue weighted by Crippen LogP contribution is 2.29. The van der Waals surface area contributed by atoms with Gasteiger partial charge < -0.3 is 11.1 Å². The molecule has 0 heterocycles. The average Bonchev–Trinajstić information content (AvgIpc) is 2.29. The van der Waals surface area contributed by atoms with Gasteiger partial charge in [-0.25, -0.2) is 4.39 Å². The fourth-order valence-corrected chi connectivity index (χ4v) is 2.06. The van der Waals surface area contributed by atoms with E-state index in [4.69, 9.17) is 5.73 Å². The summed E-state index contributed by atoms with van der Waals surface area (Å²) in [5.41, 5.74) is 7.71. The lowest BCUT2D eigenvalue weighted by molar-refractivity contribution is 0.622. The van der Waals surface area contributed by atoms with Crippen LogP contribution in [0.5, 0.6) is 0 Å². The number of anilines is 3. The first kappa shape index (κ1) is 12.6. The van der Waals surface area contributed by atoms with E-state index in [-0.39, 0.29) is 5.82 Å². The van der Waals surface area contributed by atoms with E-state index in [1.807, 2.05) is 24.3 Å². The van der Waals surface area contributed by atoms with E-state index in [1.54, 1.807) is 6.07 Å². The zero-order chi connectivity index (χ0) is 12.4. The Labute approximate surface area is 121 Å². The van der Waals surface area contributed by atoms with Crippen molar-refractivity contribution in [3.8, 4) is 0 Å². The van der Waals surface area contributed by atoms with Gasteiger partial charge in [-0.3, -0.25) is 0 Å². The maximum Gasteiger partial charge on any atom is 0.139 e. The zero-order valence-electron chi connectivity index (χ0n) is 8.68. The Kier molecular flexibility index (Phi) is 3.88. The topological polar surface area (TPSA) is 38.0 Å². The minimum Gasteiger partial charge on any atom is -0.397 e. The van der Waals surface area contributed by atoms with Crippen LogP contribution in [0.2, 0.25) is 0 Å². The van der Waals surface area contributed by atoms with Crippen LogP contribution in [0.1, 0.15) is 0 Å². The number of nitrogens with two attached hydrogens (primary N) is 1. The highest BCUT2D eigenvalue weighted by atomic mass is 127. The van der Waals surface area contributed by atoms with Crippen LogP contribution in [0, 0.1) is 9.39 Å². The SMILES string of the molecule is Nc1cc(F)c(Br)cc1Nc1ccc(I)cc1. The Hall–Kier alpha value is -0.820. The highest BCUT2D eigenvalue weighted by molar-refractivity contribution is 14.1. The van der Waals surface area contributed by atoms with Crippen LogP contribution in [0.4, 0.5) is 21.5 Å². The number of benzene rings is 2. The number of rotatable bonds is 2. The molecule has 0 spiro atoms. The van der Waals surface area contributed by atoms with E-state index in [0.29, 0.717) is 15.8 Å². The smallest absolute Gasteiger partial charge is 0.139 e. The minimum absolute atomic E-state index is 0.365. The maximum absolute atomic E-state index is 13.2. The van der Waals surface area contributed by atoms with Crippen LogP contribution >= 0.6 is 38.5 Å². The molecule has 2 aromatic rings. The molecular weight excluding hydrogens is 398 g/mol. The van der Waals surface area contributed by atoms with Crippen molar-refractivity contribution in [1.29, 1.82) is 0 Å². The molecule has 2 aromatic carbocycles. The number of halogens is 3. The van der Waals surface area contributed by atoms with Gasteiger partial charge in [-0.05, 0) is 68.9 Å². The van der Waals surface area contributed by atoms with E-state index in [9.17, 15) is 4.39 Å². The Morgan fingerprint density at radius 2 is 1.82 bits per heavy atom. The molecule has 17 heavy (non-hydrogen) atoms. The van der Waals surface area contributed by atoms with E-state index in [0.717, 1.165) is 9.26 Å². The molecule has 0 amide bonds. The molecule has 3 N–H and O–H groups in total. The van der Waals surface area contributed by atoms with Gasteiger partial charge in [0.25, 0.3) is 0 Å². The molecule has 5 heteroatoms. The van der Waals surface area contributed by atoms with Crippen molar-refractivity contribution in [2.24, 2.45) is 0 Å². The molecule has 0 saturated carbocycles. The van der Waals surface area contributed by atoms with Crippen molar-refractivity contribution >= 4 is 55.6 Å². The molecule has 0 aromatic heterocycles. The van der Waals surface area contributed by atoms with E-state index >= 15 is 0 Å². The lowest BCUT2D eigenvalue weighted by Crippen LogP contribution is -1.97. The van der Waals surface area contributed by atoms with E-state index < -0.39 is 0 Å². The molecule has 2 nitrogen and oxygen atoms in total. The van der Waals surface area contributed by atoms with Crippen molar-refractivity contribution in [2.75, 3.05) is 11.1 Å². The average molecular weight is 407 g/mol. The van der Waals surface area contributed by atoms with E-state index in [1.165, 1.54) is 6.07 Å². The van der Waals surface area contributed by atoms with Gasteiger partial charge in [0, 0.05) is 15.3 Å². The lowest BCUT2D eigenvalue weighted by atomic mass is 10.2. The second-order valence-corrected chi connectivity index (χ2v) is 5.59. The Morgan fingerprint density at radius 3 is 2.47 bits per heavy atom. The van der Waals surface area contributed by atoms with Crippen molar-refractivity contribution in [3.63, 3.8) is 0 Å². The zero-order valence-corrected chi connectivity index (χ0v) is 12.4. The fraction of sp³-hybridized carbons (Fsp3) is 0. The van der Waals surface area contributed by atoms with Gasteiger partial charge in [0.15, 0.2) is 0 Å². The molecule has 0 aliphatic heterocycles. The summed E-state index contributed by atoms with van der Waals surface area (Å²) in [4.78, 5) is 0. The summed E-state index contributed by atoms with van der Waals surface area (Å²) in [6.07, 6.45) is 0. The van der Waals surface area contributed by atoms with Gasteiger partial charge in [0.05, 0.1) is 15.8 Å². The molecule has 0 aliphatic carbocycles. The van der Waals surface area contributed by atoms with Gasteiger partial charge in [-0.1, -0.05) is 0 Å². The largest absolute Gasteiger partial charge is 0.397 e. The van der Waals surface area contributed by atoms with Gasteiger partial charge in [-0.2, -0.15) is 0 Å². The predicted molar refractivity (Wildman–Crippen MR) is 81.0 cm³/mol. The molecule has 0 fully saturated rings. The number of hydrogen-bond acceptors (Lipinski definition) is 2. The second-order valence-electron chi connectivity index (χ2n) is 3.49. The Morgan fingerprint density at radius 1 is 1.18 bits per heavy atom. The summed E-state index contributed by atoms with van der Waals surface area (Å²) in [6, 6.07) is 10.8. The van der Waals surface area contributed by atoms with Crippen molar-refractivity contribution < 1.29 is 4.39 Å². The third-order valence-corrected chi connectivity index (χ3v) is 3.54. The fourth-order valence-electron chi connectivity index (χ4n) is 1.36. The Balaban J connectivity index is 2.30. The number of nitrogen functional groups attached to an aromatic ring is 1. The van der Waals surface area contributed by atoms with Crippen LogP contribution < -0.4 is 11.1 Å². The molecule has 0 unspecified atom stereocenters. The first-order valence-corrected chi connectivity index (χ1v) is 6.70. The number of hydrogen-bond donors (Lipinski definition) is 2. The molecule has 0 atom stereocenters. The summed E-state index contributed by atoms with van der Waals surface area (Å²) >= 11 is 5.37. The van der Waals surface area contributed by atoms with Crippen LogP contribution in [-0.2, 0) is 0 Å². The summed E-state index contributed by atoms with van der Waals surface area (Å²) < 4.78 is 14.7. The van der Waals surface area contributed by atoms with Gasteiger partial charge in [0.2, 0.25) is 0 Å². The third kappa shape index (κ3) is 3.10. The quantitative estimate of drug-likeness (QED) is 0.568. The molecule has 2 rings (SSSR count). The van der Waals surface area contributed by atoms with Crippen molar-refractivity contribution in [1.82, 2.24) is 0 Å². The monoisotopic (exact) mass is 406 g/mol. The third-order valence-electron chi connectivity index (χ3n) is 2.22. The second kappa shape index (κ2) is 5.22. The van der Waals surface area contributed by atoms with Crippen molar-refractivity contribution in [3.05, 3.63) is 50.3 Å². The molecule has 0 bridgehead atoms. The minimum atomic E-state index is -0.365. The lowest BCUT2D eigenvalue weighted by Gasteiger charge is -2.10. The van der Waals surface area contributed by atoms with Gasteiger partial charge >= 0.3 is 0 Å². The molecule has 0 aliphatic rings. The highest BCUT2D eigenvalue weighted by Gasteiger charge is 2.06. The van der Waals surface area contributed by atoms with Crippen LogP contribution in [0.3, 0.4) is 0 Å². The first-order chi connectivity index (χ1) is 8.06. The molecule has 0 saturated heterocycles. The molecule has 0 radical (unpaired) electrons. The molecular formula is C12H9BrFIN2. The summed E-state index contributed by atoms with van der Waals surface area (Å²) in [6.45, 7) is 0. The van der Waals surface area contributed by atoms with Gasteiger partial charge in [-0.15, -0.1) is 0 Å². The van der Waals surface area contributed by atoms with Gasteiger partial charge in [0.1, 0.15) is 5.82 Å². The van der Waals surface area contributed by atoms with E-state index in [2.05, 4.69) is 43.8 Å². The maximum atomic E-state index is 13.2.